The zero-order valence-corrected chi connectivity index (χ0v) is 12.6. The van der Waals surface area contributed by atoms with E-state index in [2.05, 4.69) is 20.8 Å². The topological polar surface area (TPSA) is 85.8 Å². The molecule has 0 fully saturated rings. The van der Waals surface area contributed by atoms with Gasteiger partial charge in [0, 0.05) is 11.5 Å². The van der Waals surface area contributed by atoms with Crippen LogP contribution >= 0.6 is 0 Å². The van der Waals surface area contributed by atoms with Crippen molar-refractivity contribution in [1.29, 1.82) is 0 Å². The summed E-state index contributed by atoms with van der Waals surface area (Å²) in [6, 6.07) is 18.4. The molecule has 0 saturated heterocycles. The molecule has 118 valence electrons. The van der Waals surface area contributed by atoms with E-state index < -0.39 is 5.63 Å². The minimum Gasteiger partial charge on any atom is -0.423 e. The van der Waals surface area contributed by atoms with Gasteiger partial charge in [-0.2, -0.15) is 4.68 Å². The molecule has 0 spiro atoms. The number of nitrogens with zero attached hydrogens (tertiary/aromatic N) is 4. The van der Waals surface area contributed by atoms with Crippen LogP contribution in [0.1, 0.15) is 5.82 Å². The van der Waals surface area contributed by atoms with E-state index in [1.54, 1.807) is 10.7 Å². The first kappa shape index (κ1) is 14.1. The van der Waals surface area contributed by atoms with Crippen LogP contribution in [0, 0.1) is 0 Å². The Morgan fingerprint density at radius 2 is 1.83 bits per heavy atom. The number of benzene rings is 2. The number of hydrogen-bond donors (Lipinski definition) is 1. The molecule has 0 bridgehead atoms. The van der Waals surface area contributed by atoms with Crippen LogP contribution in [-0.4, -0.2) is 20.2 Å². The monoisotopic (exact) mass is 319 g/mol. The second kappa shape index (κ2) is 5.96. The van der Waals surface area contributed by atoms with Gasteiger partial charge in [0.15, 0.2) is 5.82 Å². The highest BCUT2D eigenvalue weighted by Gasteiger charge is 2.10. The lowest BCUT2D eigenvalue weighted by Gasteiger charge is -2.09. The molecule has 4 aromatic rings. The average molecular weight is 319 g/mol. The van der Waals surface area contributed by atoms with Gasteiger partial charge in [0.25, 0.3) is 0 Å². The number of nitrogens with one attached hydrogen (secondary N) is 1. The Morgan fingerprint density at radius 3 is 2.71 bits per heavy atom. The van der Waals surface area contributed by atoms with Gasteiger partial charge in [-0.15, -0.1) is 5.10 Å². The molecule has 2 aromatic heterocycles. The molecule has 0 aliphatic heterocycles. The lowest BCUT2D eigenvalue weighted by atomic mass is 10.2. The van der Waals surface area contributed by atoms with Gasteiger partial charge in [0.2, 0.25) is 0 Å². The van der Waals surface area contributed by atoms with Crippen LogP contribution in [0.2, 0.25) is 0 Å². The third kappa shape index (κ3) is 2.63. The highest BCUT2D eigenvalue weighted by atomic mass is 16.4. The van der Waals surface area contributed by atoms with Crippen LogP contribution in [0.5, 0.6) is 0 Å². The van der Waals surface area contributed by atoms with E-state index in [4.69, 9.17) is 4.42 Å². The second-order valence-electron chi connectivity index (χ2n) is 5.17. The van der Waals surface area contributed by atoms with Crippen LogP contribution in [0.4, 0.5) is 5.69 Å². The minimum atomic E-state index is -0.404. The molecule has 2 aromatic carbocycles. The number of aromatic nitrogens is 4. The summed E-state index contributed by atoms with van der Waals surface area (Å²) in [5, 5.41) is 15.8. The van der Waals surface area contributed by atoms with Crippen LogP contribution < -0.4 is 10.9 Å². The molecule has 0 amide bonds. The maximum atomic E-state index is 11.7. The second-order valence-corrected chi connectivity index (χ2v) is 5.17. The zero-order chi connectivity index (χ0) is 16.4. The van der Waals surface area contributed by atoms with Crippen molar-refractivity contribution >= 4 is 16.7 Å². The summed E-state index contributed by atoms with van der Waals surface area (Å²) in [7, 11) is 0. The number of rotatable bonds is 4. The van der Waals surface area contributed by atoms with E-state index in [-0.39, 0.29) is 0 Å². The number of fused-ring (bicyclic) bond motifs is 1. The van der Waals surface area contributed by atoms with E-state index in [1.165, 1.54) is 6.07 Å². The fourth-order valence-corrected chi connectivity index (χ4v) is 2.52. The summed E-state index contributed by atoms with van der Waals surface area (Å²) in [5.41, 5.74) is 1.69. The largest absolute Gasteiger partial charge is 0.423 e. The number of hydrogen-bond acceptors (Lipinski definition) is 6. The molecule has 0 radical (unpaired) electrons. The van der Waals surface area contributed by atoms with Crippen molar-refractivity contribution < 1.29 is 4.42 Å². The summed E-state index contributed by atoms with van der Waals surface area (Å²) < 4.78 is 6.84. The highest BCUT2D eigenvalue weighted by Crippen LogP contribution is 2.21. The van der Waals surface area contributed by atoms with Crippen LogP contribution in [-0.2, 0) is 6.54 Å². The van der Waals surface area contributed by atoms with Crippen molar-refractivity contribution in [2.24, 2.45) is 0 Å². The van der Waals surface area contributed by atoms with Crippen molar-refractivity contribution in [2.75, 3.05) is 5.32 Å². The first-order chi connectivity index (χ1) is 11.8. The molecule has 0 aliphatic rings. The van der Waals surface area contributed by atoms with Crippen LogP contribution in [0.15, 0.2) is 69.9 Å². The van der Waals surface area contributed by atoms with Gasteiger partial charge in [-0.25, -0.2) is 4.79 Å². The molecule has 24 heavy (non-hydrogen) atoms. The van der Waals surface area contributed by atoms with Gasteiger partial charge < -0.3 is 9.73 Å². The lowest BCUT2D eigenvalue weighted by molar-refractivity contribution is 0.561. The Hall–Kier alpha value is -3.48. The van der Waals surface area contributed by atoms with Gasteiger partial charge in [-0.05, 0) is 34.7 Å². The maximum absolute atomic E-state index is 11.7. The molecule has 7 heteroatoms. The normalized spacial score (nSPS) is 10.8. The van der Waals surface area contributed by atoms with E-state index in [0.29, 0.717) is 23.6 Å². The van der Waals surface area contributed by atoms with Crippen molar-refractivity contribution in [1.82, 2.24) is 20.2 Å². The molecule has 2 heterocycles. The molecule has 0 atom stereocenters. The first-order valence-electron chi connectivity index (χ1n) is 7.41. The minimum absolute atomic E-state index is 0.370. The molecule has 0 aliphatic carbocycles. The Bertz CT molecular complexity index is 1040. The summed E-state index contributed by atoms with van der Waals surface area (Å²) in [5.74, 6) is 0.638. The van der Waals surface area contributed by atoms with E-state index in [0.717, 1.165) is 11.1 Å². The molecule has 4 rings (SSSR count). The molecule has 7 nitrogen and oxygen atoms in total. The van der Waals surface area contributed by atoms with Gasteiger partial charge in [-0.1, -0.05) is 30.3 Å². The van der Waals surface area contributed by atoms with Gasteiger partial charge in [-0.3, -0.25) is 0 Å². The third-order valence-corrected chi connectivity index (χ3v) is 3.62. The van der Waals surface area contributed by atoms with Crippen LogP contribution in [0.25, 0.3) is 16.7 Å². The van der Waals surface area contributed by atoms with Crippen molar-refractivity contribution in [3.05, 3.63) is 76.9 Å². The van der Waals surface area contributed by atoms with Crippen molar-refractivity contribution in [3.8, 4) is 5.69 Å². The average Bonchev–Trinajstić information content (AvgIpc) is 3.09. The standard InChI is InChI=1S/C17H13N5O2/c23-17-10-14(13-8-4-5-9-15(13)24-17)18-11-16-19-20-21-22(16)12-6-2-1-3-7-12/h1-10,18H,11H2. The van der Waals surface area contributed by atoms with Gasteiger partial charge in [0.05, 0.1) is 17.9 Å². The van der Waals surface area contributed by atoms with E-state index >= 15 is 0 Å². The molecule has 1 N–H and O–H groups in total. The van der Waals surface area contributed by atoms with E-state index in [1.807, 2.05) is 48.5 Å². The molecule has 0 unspecified atom stereocenters. The summed E-state index contributed by atoms with van der Waals surface area (Å²) in [4.78, 5) is 11.7. The summed E-state index contributed by atoms with van der Waals surface area (Å²) >= 11 is 0. The highest BCUT2D eigenvalue weighted by molar-refractivity contribution is 5.89. The predicted molar refractivity (Wildman–Crippen MR) is 89.0 cm³/mol. The Balaban J connectivity index is 1.65. The predicted octanol–water partition coefficient (Wildman–Crippen LogP) is 2.38. The number of tetrazole rings is 1. The Labute approximate surface area is 136 Å². The molecular weight excluding hydrogens is 306 g/mol. The van der Waals surface area contributed by atoms with E-state index in [9.17, 15) is 4.79 Å². The van der Waals surface area contributed by atoms with Crippen molar-refractivity contribution in [3.63, 3.8) is 0 Å². The Morgan fingerprint density at radius 1 is 1.04 bits per heavy atom. The maximum Gasteiger partial charge on any atom is 0.338 e. The quantitative estimate of drug-likeness (QED) is 0.581. The third-order valence-electron chi connectivity index (χ3n) is 3.62. The fourth-order valence-electron chi connectivity index (χ4n) is 2.52. The molecular formula is C17H13N5O2. The SMILES string of the molecule is O=c1cc(NCc2nnnn2-c2ccccc2)c2ccccc2o1. The lowest BCUT2D eigenvalue weighted by Crippen LogP contribution is -2.10. The number of para-hydroxylation sites is 2. The summed E-state index contributed by atoms with van der Waals surface area (Å²) in [6.07, 6.45) is 0. The van der Waals surface area contributed by atoms with Crippen LogP contribution in [0.3, 0.4) is 0 Å². The molecule has 0 saturated carbocycles. The van der Waals surface area contributed by atoms with Crippen molar-refractivity contribution in [2.45, 2.75) is 6.54 Å². The first-order valence-corrected chi connectivity index (χ1v) is 7.41. The fraction of sp³-hybridized carbons (Fsp3) is 0.0588. The number of anilines is 1. The van der Waals surface area contributed by atoms with Gasteiger partial charge in [0.1, 0.15) is 5.58 Å². The van der Waals surface area contributed by atoms with Gasteiger partial charge >= 0.3 is 5.63 Å². The summed E-state index contributed by atoms with van der Waals surface area (Å²) in [6.45, 7) is 0.370. The smallest absolute Gasteiger partial charge is 0.338 e. The zero-order valence-electron chi connectivity index (χ0n) is 12.6. The Kier molecular flexibility index (Phi) is 3.51.